The topological polar surface area (TPSA) is 86.0 Å². The lowest BCUT2D eigenvalue weighted by atomic mass is 9.84. The third-order valence-corrected chi connectivity index (χ3v) is 5.38. The SMILES string of the molecule is CC(C)(C)Oc1ccc(-c2ccc(C(F)(F)C(O)(Cn3cnnn3)c3ccc(F)cc3F)nc2)cc1. The molecule has 4 aromatic rings. The molecule has 0 saturated heterocycles. The Kier molecular flexibility index (Phi) is 6.52. The van der Waals surface area contributed by atoms with E-state index in [2.05, 4.69) is 20.5 Å². The van der Waals surface area contributed by atoms with Crippen molar-refractivity contribution in [3.63, 3.8) is 0 Å². The second-order valence-electron chi connectivity index (χ2n) is 9.24. The third-order valence-electron chi connectivity index (χ3n) is 5.38. The maximum absolute atomic E-state index is 15.8. The first-order valence-corrected chi connectivity index (χ1v) is 10.9. The Morgan fingerprint density at radius 2 is 1.64 bits per heavy atom. The average molecular weight is 501 g/mol. The van der Waals surface area contributed by atoms with E-state index in [-0.39, 0.29) is 5.60 Å². The van der Waals surface area contributed by atoms with Crippen molar-refractivity contribution in [2.24, 2.45) is 0 Å². The third kappa shape index (κ3) is 5.06. The molecule has 7 nitrogen and oxygen atoms in total. The molecule has 0 radical (unpaired) electrons. The molecule has 1 atom stereocenters. The molecule has 0 fully saturated rings. The smallest absolute Gasteiger partial charge is 0.323 e. The van der Waals surface area contributed by atoms with Gasteiger partial charge >= 0.3 is 5.92 Å². The first kappa shape index (κ1) is 25.2. The van der Waals surface area contributed by atoms with Crippen molar-refractivity contribution in [1.29, 1.82) is 0 Å². The number of rotatable bonds is 7. The van der Waals surface area contributed by atoms with Crippen molar-refractivity contribution in [1.82, 2.24) is 25.2 Å². The largest absolute Gasteiger partial charge is 0.488 e. The van der Waals surface area contributed by atoms with Crippen LogP contribution in [0.2, 0.25) is 0 Å². The minimum absolute atomic E-state index is 0.376. The highest BCUT2D eigenvalue weighted by atomic mass is 19.3. The summed E-state index contributed by atoms with van der Waals surface area (Å²) in [7, 11) is 0. The highest BCUT2D eigenvalue weighted by Crippen LogP contribution is 2.46. The number of pyridine rings is 1. The van der Waals surface area contributed by atoms with Gasteiger partial charge in [0.1, 0.15) is 35.0 Å². The molecule has 2 aromatic carbocycles. The summed E-state index contributed by atoms with van der Waals surface area (Å²) in [5.41, 5.74) is -3.98. The van der Waals surface area contributed by atoms with E-state index in [4.69, 9.17) is 4.74 Å². The molecule has 0 spiro atoms. The molecular formula is C25H23F4N5O2. The molecule has 1 unspecified atom stereocenters. The maximum Gasteiger partial charge on any atom is 0.323 e. The van der Waals surface area contributed by atoms with Crippen LogP contribution in [0.15, 0.2) is 67.1 Å². The lowest BCUT2D eigenvalue weighted by Crippen LogP contribution is -2.48. The molecule has 11 heteroatoms. The molecule has 0 aliphatic heterocycles. The number of aromatic nitrogens is 5. The second kappa shape index (κ2) is 9.30. The summed E-state index contributed by atoms with van der Waals surface area (Å²) in [6.45, 7) is 4.83. The summed E-state index contributed by atoms with van der Waals surface area (Å²) < 4.78 is 66.4. The summed E-state index contributed by atoms with van der Waals surface area (Å²) in [6, 6.07) is 11.4. The van der Waals surface area contributed by atoms with Crippen molar-refractivity contribution in [2.75, 3.05) is 0 Å². The van der Waals surface area contributed by atoms with Crippen molar-refractivity contribution in [3.05, 3.63) is 90.0 Å². The highest BCUT2D eigenvalue weighted by Gasteiger charge is 2.58. The molecular weight excluding hydrogens is 478 g/mol. The molecule has 2 aromatic heterocycles. The van der Waals surface area contributed by atoms with Crippen LogP contribution in [0.5, 0.6) is 5.75 Å². The first-order chi connectivity index (χ1) is 16.9. The van der Waals surface area contributed by atoms with E-state index in [1.54, 1.807) is 24.3 Å². The molecule has 0 bridgehead atoms. The van der Waals surface area contributed by atoms with Gasteiger partial charge in [-0.3, -0.25) is 4.98 Å². The van der Waals surface area contributed by atoms with Crippen LogP contribution in [0.3, 0.4) is 0 Å². The Balaban J connectivity index is 1.69. The van der Waals surface area contributed by atoms with Crippen molar-refractivity contribution in [3.8, 4) is 16.9 Å². The summed E-state index contributed by atoms with van der Waals surface area (Å²) >= 11 is 0. The van der Waals surface area contributed by atoms with Gasteiger partial charge < -0.3 is 9.84 Å². The molecule has 2 heterocycles. The fraction of sp³-hybridized carbons (Fsp3) is 0.280. The standard InChI is InChI=1S/C25H23F4N5O2/c1-23(2,3)36-19-8-4-16(5-9-19)17-6-11-22(30-13-17)25(28,29)24(35,14-34-15-31-32-33-34)20-10-7-18(26)12-21(20)27/h4-13,15,35H,14H2,1-3H3. The summed E-state index contributed by atoms with van der Waals surface area (Å²) in [5.74, 6) is -5.80. The normalized spacial score (nSPS) is 13.9. The van der Waals surface area contributed by atoms with Gasteiger partial charge in [0.2, 0.25) is 0 Å². The minimum Gasteiger partial charge on any atom is -0.488 e. The molecule has 0 aliphatic carbocycles. The second-order valence-corrected chi connectivity index (χ2v) is 9.24. The van der Waals surface area contributed by atoms with Crippen LogP contribution in [-0.2, 0) is 18.1 Å². The number of benzene rings is 2. The molecule has 4 rings (SSSR count). The van der Waals surface area contributed by atoms with E-state index >= 15 is 8.78 Å². The van der Waals surface area contributed by atoms with Crippen LogP contribution in [0.4, 0.5) is 17.6 Å². The molecule has 0 saturated carbocycles. The van der Waals surface area contributed by atoms with Crippen LogP contribution in [0, 0.1) is 11.6 Å². The van der Waals surface area contributed by atoms with E-state index in [1.807, 2.05) is 20.8 Å². The van der Waals surface area contributed by atoms with Crippen LogP contribution < -0.4 is 4.74 Å². The van der Waals surface area contributed by atoms with E-state index < -0.39 is 41.0 Å². The van der Waals surface area contributed by atoms with Gasteiger partial charge in [0.15, 0.2) is 5.60 Å². The van der Waals surface area contributed by atoms with Crippen LogP contribution in [-0.4, -0.2) is 35.9 Å². The van der Waals surface area contributed by atoms with Crippen molar-refractivity contribution in [2.45, 2.75) is 44.4 Å². The van der Waals surface area contributed by atoms with Gasteiger partial charge in [-0.05, 0) is 67.1 Å². The van der Waals surface area contributed by atoms with Gasteiger partial charge in [-0.1, -0.05) is 18.2 Å². The van der Waals surface area contributed by atoms with E-state index in [9.17, 15) is 13.9 Å². The molecule has 0 amide bonds. The minimum atomic E-state index is -4.12. The van der Waals surface area contributed by atoms with Gasteiger partial charge in [0.25, 0.3) is 0 Å². The van der Waals surface area contributed by atoms with E-state index in [0.717, 1.165) is 29.2 Å². The number of tetrazole rings is 1. The van der Waals surface area contributed by atoms with Crippen LogP contribution >= 0.6 is 0 Å². The molecule has 36 heavy (non-hydrogen) atoms. The Morgan fingerprint density at radius 1 is 0.944 bits per heavy atom. The van der Waals surface area contributed by atoms with Crippen LogP contribution in [0.1, 0.15) is 32.0 Å². The predicted molar refractivity (Wildman–Crippen MR) is 122 cm³/mol. The number of aliphatic hydroxyl groups is 1. The number of hydrogen-bond acceptors (Lipinski definition) is 6. The molecule has 0 aliphatic rings. The Morgan fingerprint density at radius 3 is 2.19 bits per heavy atom. The zero-order valence-corrected chi connectivity index (χ0v) is 19.7. The van der Waals surface area contributed by atoms with Crippen molar-refractivity contribution < 1.29 is 27.4 Å². The van der Waals surface area contributed by atoms with E-state index in [1.165, 1.54) is 12.3 Å². The van der Waals surface area contributed by atoms with Gasteiger partial charge in [0.05, 0.1) is 6.54 Å². The van der Waals surface area contributed by atoms with Crippen LogP contribution in [0.25, 0.3) is 11.1 Å². The Hall–Kier alpha value is -3.86. The number of ether oxygens (including phenoxy) is 1. The number of hydrogen-bond donors (Lipinski definition) is 1. The summed E-state index contributed by atoms with van der Waals surface area (Å²) in [4.78, 5) is 3.88. The molecule has 188 valence electrons. The number of halogens is 4. The van der Waals surface area contributed by atoms with Gasteiger partial charge in [0, 0.05) is 23.4 Å². The van der Waals surface area contributed by atoms with E-state index in [0.29, 0.717) is 22.9 Å². The monoisotopic (exact) mass is 501 g/mol. The lowest BCUT2D eigenvalue weighted by molar-refractivity contribution is -0.207. The van der Waals surface area contributed by atoms with Gasteiger partial charge in [-0.25, -0.2) is 13.5 Å². The molecule has 1 N–H and O–H groups in total. The zero-order valence-electron chi connectivity index (χ0n) is 19.7. The summed E-state index contributed by atoms with van der Waals surface area (Å²) in [6.07, 6.45) is 2.22. The average Bonchev–Trinajstić information content (AvgIpc) is 3.31. The van der Waals surface area contributed by atoms with Gasteiger partial charge in [-0.2, -0.15) is 8.78 Å². The predicted octanol–water partition coefficient (Wildman–Crippen LogP) is 4.87. The van der Waals surface area contributed by atoms with Gasteiger partial charge in [-0.15, -0.1) is 5.10 Å². The Labute approximate surface area is 204 Å². The number of nitrogens with zero attached hydrogens (tertiary/aromatic N) is 5. The Bertz CT molecular complexity index is 1320. The quantitative estimate of drug-likeness (QED) is 0.364. The maximum atomic E-state index is 15.8. The van der Waals surface area contributed by atoms with Crippen molar-refractivity contribution >= 4 is 0 Å². The summed E-state index contributed by atoms with van der Waals surface area (Å²) in [5, 5.41) is 21.5. The number of alkyl halides is 2. The highest BCUT2D eigenvalue weighted by molar-refractivity contribution is 5.63. The fourth-order valence-corrected chi connectivity index (χ4v) is 3.70. The fourth-order valence-electron chi connectivity index (χ4n) is 3.70. The zero-order chi connectivity index (χ0) is 26.1. The first-order valence-electron chi connectivity index (χ1n) is 10.9. The lowest BCUT2D eigenvalue weighted by Gasteiger charge is -2.35.